The first-order chi connectivity index (χ1) is 16.1. The Morgan fingerprint density at radius 3 is 2.44 bits per heavy atom. The number of anilines is 1. The van der Waals surface area contributed by atoms with E-state index in [9.17, 15) is 9.59 Å². The van der Waals surface area contributed by atoms with Gasteiger partial charge in [-0.25, -0.2) is 14.5 Å². The van der Waals surface area contributed by atoms with Gasteiger partial charge in [0.2, 0.25) is 5.91 Å². The fourth-order valence-corrected chi connectivity index (χ4v) is 4.46. The zero-order valence-electron chi connectivity index (χ0n) is 20.0. The number of carbonyl (C=O) groups is 1. The summed E-state index contributed by atoms with van der Waals surface area (Å²) < 4.78 is 1.49. The number of aromatic nitrogens is 3. The molecule has 0 fully saturated rings. The second kappa shape index (κ2) is 9.43. The summed E-state index contributed by atoms with van der Waals surface area (Å²) in [5.74, 6) is 0.316. The molecule has 174 valence electrons. The van der Waals surface area contributed by atoms with Crippen molar-refractivity contribution in [1.82, 2.24) is 14.5 Å². The van der Waals surface area contributed by atoms with Gasteiger partial charge in [-0.3, -0.25) is 9.59 Å². The Morgan fingerprint density at radius 2 is 1.76 bits per heavy atom. The lowest BCUT2D eigenvalue weighted by Crippen LogP contribution is -2.26. The second-order valence-corrected chi connectivity index (χ2v) is 10.6. The molecule has 4 aromatic rings. The van der Waals surface area contributed by atoms with Crippen LogP contribution in [0.25, 0.3) is 16.7 Å². The molecule has 2 aromatic carbocycles. The number of thioether (sulfide) groups is 1. The number of benzene rings is 2. The van der Waals surface area contributed by atoms with Crippen molar-refractivity contribution in [1.29, 1.82) is 0 Å². The molecule has 0 aliphatic heterocycles. The van der Waals surface area contributed by atoms with E-state index in [0.717, 1.165) is 11.3 Å². The van der Waals surface area contributed by atoms with Crippen LogP contribution in [0.2, 0.25) is 0 Å². The first kappa shape index (κ1) is 23.7. The van der Waals surface area contributed by atoms with Crippen molar-refractivity contribution in [2.45, 2.75) is 50.4 Å². The van der Waals surface area contributed by atoms with Crippen molar-refractivity contribution in [3.8, 4) is 5.82 Å². The molecule has 1 N–H and O–H groups in total. The van der Waals surface area contributed by atoms with Gasteiger partial charge < -0.3 is 5.32 Å². The van der Waals surface area contributed by atoms with Crippen molar-refractivity contribution in [3.63, 3.8) is 0 Å². The van der Waals surface area contributed by atoms with Crippen LogP contribution in [0.3, 0.4) is 0 Å². The zero-order chi connectivity index (χ0) is 24.5. The number of nitrogens with zero attached hydrogens (tertiary/aromatic N) is 3. The van der Waals surface area contributed by atoms with E-state index in [4.69, 9.17) is 4.98 Å². The van der Waals surface area contributed by atoms with Gasteiger partial charge in [-0.15, -0.1) is 0 Å². The van der Waals surface area contributed by atoms with Crippen LogP contribution in [-0.4, -0.2) is 25.7 Å². The minimum Gasteiger partial charge on any atom is -0.325 e. The molecule has 6 nitrogen and oxygen atoms in total. The van der Waals surface area contributed by atoms with Crippen LogP contribution in [-0.2, 0) is 10.2 Å². The van der Waals surface area contributed by atoms with E-state index < -0.39 is 5.25 Å². The molecule has 0 saturated heterocycles. The summed E-state index contributed by atoms with van der Waals surface area (Å²) in [7, 11) is 0. The highest BCUT2D eigenvalue weighted by Gasteiger charge is 2.21. The Hall–Kier alpha value is -3.45. The lowest BCUT2D eigenvalue weighted by Gasteiger charge is -2.19. The number of hydrogen-bond donors (Lipinski definition) is 1. The molecular weight excluding hydrogens is 444 g/mol. The number of pyridine rings is 1. The average molecular weight is 473 g/mol. The molecule has 0 aliphatic carbocycles. The van der Waals surface area contributed by atoms with Crippen molar-refractivity contribution < 1.29 is 4.79 Å². The molecule has 0 saturated carbocycles. The van der Waals surface area contributed by atoms with Crippen molar-refractivity contribution >= 4 is 34.3 Å². The molecule has 1 amide bonds. The summed E-state index contributed by atoms with van der Waals surface area (Å²) in [6.45, 7) is 10.2. The normalized spacial score (nSPS) is 12.5. The summed E-state index contributed by atoms with van der Waals surface area (Å²) in [4.78, 5) is 35.5. The SMILES string of the molecule is Cc1ccnc(-n2c(SC(C)C(=O)Nc3ccc(C(C)(C)C)cc3)nc3ccccc3c2=O)c1. The Balaban J connectivity index is 1.65. The van der Waals surface area contributed by atoms with E-state index >= 15 is 0 Å². The molecule has 0 radical (unpaired) electrons. The maximum absolute atomic E-state index is 13.4. The lowest BCUT2D eigenvalue weighted by molar-refractivity contribution is -0.115. The molecule has 34 heavy (non-hydrogen) atoms. The third-order valence-corrected chi connectivity index (χ3v) is 6.60. The maximum atomic E-state index is 13.4. The first-order valence-electron chi connectivity index (χ1n) is 11.2. The van der Waals surface area contributed by atoms with Crippen LogP contribution < -0.4 is 10.9 Å². The van der Waals surface area contributed by atoms with E-state index in [2.05, 4.69) is 31.1 Å². The van der Waals surface area contributed by atoms with Gasteiger partial charge in [0, 0.05) is 11.9 Å². The second-order valence-electron chi connectivity index (χ2n) is 9.32. The fourth-order valence-electron chi connectivity index (χ4n) is 3.55. The van der Waals surface area contributed by atoms with Crippen LogP contribution in [0.5, 0.6) is 0 Å². The predicted octanol–water partition coefficient (Wildman–Crippen LogP) is 5.51. The number of amides is 1. The quantitative estimate of drug-likeness (QED) is 0.306. The van der Waals surface area contributed by atoms with Gasteiger partial charge in [-0.2, -0.15) is 0 Å². The fraction of sp³-hybridized carbons (Fsp3) is 0.259. The molecular formula is C27H28N4O2S. The van der Waals surface area contributed by atoms with Gasteiger partial charge in [-0.1, -0.05) is 56.8 Å². The molecule has 4 rings (SSSR count). The highest BCUT2D eigenvalue weighted by atomic mass is 32.2. The number of rotatable bonds is 5. The maximum Gasteiger partial charge on any atom is 0.267 e. The van der Waals surface area contributed by atoms with Gasteiger partial charge in [0.05, 0.1) is 16.2 Å². The predicted molar refractivity (Wildman–Crippen MR) is 139 cm³/mol. The molecule has 1 atom stereocenters. The summed E-state index contributed by atoms with van der Waals surface area (Å²) in [6.07, 6.45) is 1.66. The first-order valence-corrected chi connectivity index (χ1v) is 12.0. The van der Waals surface area contributed by atoms with Crippen LogP contribution >= 0.6 is 11.8 Å². The molecule has 7 heteroatoms. The number of carbonyl (C=O) groups excluding carboxylic acids is 1. The Bertz CT molecular complexity index is 1410. The number of para-hydroxylation sites is 1. The molecule has 0 aliphatic rings. The van der Waals surface area contributed by atoms with E-state index in [1.54, 1.807) is 25.3 Å². The summed E-state index contributed by atoms with van der Waals surface area (Å²) >= 11 is 1.23. The average Bonchev–Trinajstić information content (AvgIpc) is 2.79. The molecule has 2 heterocycles. The Morgan fingerprint density at radius 1 is 1.06 bits per heavy atom. The van der Waals surface area contributed by atoms with E-state index in [-0.39, 0.29) is 16.9 Å². The van der Waals surface area contributed by atoms with Crippen LogP contribution in [0.1, 0.15) is 38.8 Å². The number of hydrogen-bond acceptors (Lipinski definition) is 5. The molecule has 1 unspecified atom stereocenters. The van der Waals surface area contributed by atoms with Gasteiger partial charge in [0.15, 0.2) is 5.16 Å². The minimum atomic E-state index is -0.494. The van der Waals surface area contributed by atoms with E-state index in [1.807, 2.05) is 55.5 Å². The minimum absolute atomic E-state index is 0.0426. The molecule has 2 aromatic heterocycles. The largest absolute Gasteiger partial charge is 0.325 e. The van der Waals surface area contributed by atoms with E-state index in [1.165, 1.54) is 21.9 Å². The number of aryl methyl sites for hydroxylation is 1. The standard InChI is InChI=1S/C27H28N4O2S/c1-17-14-15-28-23(16-17)31-25(33)21-8-6-7-9-22(21)30-26(31)34-18(2)24(32)29-20-12-10-19(11-13-20)27(3,4)5/h6-16,18H,1-5H3,(H,29,32). The summed E-state index contributed by atoms with van der Waals surface area (Å²) in [5.41, 5.74) is 3.32. The molecule has 0 bridgehead atoms. The van der Waals surface area contributed by atoms with Gasteiger partial charge >= 0.3 is 0 Å². The highest BCUT2D eigenvalue weighted by Crippen LogP contribution is 2.27. The van der Waals surface area contributed by atoms with E-state index in [0.29, 0.717) is 21.9 Å². The monoisotopic (exact) mass is 472 g/mol. The Kier molecular flexibility index (Phi) is 6.57. The third kappa shape index (κ3) is 5.04. The number of fused-ring (bicyclic) bond motifs is 1. The third-order valence-electron chi connectivity index (χ3n) is 5.54. The Labute approximate surface area is 203 Å². The molecule has 0 spiro atoms. The number of nitrogens with one attached hydrogen (secondary N) is 1. The van der Waals surface area contributed by atoms with Crippen LogP contribution in [0.15, 0.2) is 76.8 Å². The van der Waals surface area contributed by atoms with Crippen LogP contribution in [0, 0.1) is 6.92 Å². The zero-order valence-corrected chi connectivity index (χ0v) is 20.8. The highest BCUT2D eigenvalue weighted by molar-refractivity contribution is 8.00. The van der Waals surface area contributed by atoms with Crippen LogP contribution in [0.4, 0.5) is 5.69 Å². The summed E-state index contributed by atoms with van der Waals surface area (Å²) in [5, 5.41) is 3.41. The smallest absolute Gasteiger partial charge is 0.267 e. The van der Waals surface area contributed by atoms with Gasteiger partial charge in [0.25, 0.3) is 5.56 Å². The summed E-state index contributed by atoms with van der Waals surface area (Å²) in [6, 6.07) is 18.8. The van der Waals surface area contributed by atoms with Crippen molar-refractivity contribution in [2.75, 3.05) is 5.32 Å². The van der Waals surface area contributed by atoms with Crippen molar-refractivity contribution in [3.05, 3.63) is 88.3 Å². The lowest BCUT2D eigenvalue weighted by atomic mass is 9.87. The van der Waals surface area contributed by atoms with Gasteiger partial charge in [0.1, 0.15) is 5.82 Å². The van der Waals surface area contributed by atoms with Crippen molar-refractivity contribution in [2.24, 2.45) is 0 Å². The van der Waals surface area contributed by atoms with Gasteiger partial charge in [-0.05, 0) is 66.8 Å². The topological polar surface area (TPSA) is 76.9 Å².